The molecule has 1 aromatic rings. The van der Waals surface area contributed by atoms with Crippen LogP contribution >= 0.6 is 0 Å². The number of benzene rings is 1. The Hall–Kier alpha value is -2.83. The van der Waals surface area contributed by atoms with Gasteiger partial charge in [0.2, 0.25) is 0 Å². The summed E-state index contributed by atoms with van der Waals surface area (Å²) in [5.41, 5.74) is 0.344. The molecule has 0 bridgehead atoms. The van der Waals surface area contributed by atoms with E-state index in [0.717, 1.165) is 7.11 Å². The van der Waals surface area contributed by atoms with Gasteiger partial charge in [-0.3, -0.25) is 4.79 Å². The van der Waals surface area contributed by atoms with Crippen LogP contribution in [0, 0.1) is 0 Å². The molecular weight excluding hydrogens is 266 g/mol. The van der Waals surface area contributed by atoms with Crippen molar-refractivity contribution in [2.75, 3.05) is 19.5 Å². The van der Waals surface area contributed by atoms with E-state index in [0.29, 0.717) is 23.6 Å². The molecule has 1 N–H and O–H groups in total. The number of rotatable bonds is 6. The van der Waals surface area contributed by atoms with Crippen molar-refractivity contribution in [3.8, 4) is 5.75 Å². The standard InChI is InChI=1S/C13H13NO6/c1-19-11-5-8(7-15)3-4-9(11)14-10(6-12(16)17)13(18)20-2/h3-7,14H,1-2H3,(H,16,17)/p-1. The Morgan fingerprint density at radius 3 is 2.50 bits per heavy atom. The molecule has 0 amide bonds. The number of methoxy groups -OCH3 is 2. The highest BCUT2D eigenvalue weighted by Crippen LogP contribution is 2.26. The molecule has 0 aliphatic rings. The van der Waals surface area contributed by atoms with E-state index in [9.17, 15) is 19.5 Å². The van der Waals surface area contributed by atoms with Crippen LogP contribution in [-0.4, -0.2) is 32.4 Å². The fourth-order valence-electron chi connectivity index (χ4n) is 1.40. The molecule has 106 valence electrons. The number of carbonyl (C=O) groups excluding carboxylic acids is 3. The van der Waals surface area contributed by atoms with Gasteiger partial charge in [-0.15, -0.1) is 0 Å². The van der Waals surface area contributed by atoms with Crippen LogP contribution in [-0.2, 0) is 14.3 Å². The number of aldehydes is 1. The number of hydrogen-bond donors (Lipinski definition) is 1. The van der Waals surface area contributed by atoms with E-state index in [1.165, 1.54) is 25.3 Å². The number of carboxylic acid groups (broad SMARTS) is 1. The maximum absolute atomic E-state index is 11.4. The van der Waals surface area contributed by atoms with Crippen LogP contribution in [0.3, 0.4) is 0 Å². The maximum Gasteiger partial charge on any atom is 0.354 e. The second-order valence-corrected chi connectivity index (χ2v) is 3.57. The molecule has 20 heavy (non-hydrogen) atoms. The van der Waals surface area contributed by atoms with Crippen LogP contribution in [0.15, 0.2) is 30.0 Å². The summed E-state index contributed by atoms with van der Waals surface area (Å²) in [7, 11) is 2.48. The predicted octanol–water partition coefficient (Wildman–Crippen LogP) is -0.274. The summed E-state index contributed by atoms with van der Waals surface area (Å²) < 4.78 is 9.49. The molecule has 1 rings (SSSR count). The van der Waals surface area contributed by atoms with Crippen molar-refractivity contribution in [3.63, 3.8) is 0 Å². The van der Waals surface area contributed by atoms with Crippen molar-refractivity contribution < 1.29 is 29.0 Å². The van der Waals surface area contributed by atoms with Crippen molar-refractivity contribution in [3.05, 3.63) is 35.5 Å². The first-order valence-corrected chi connectivity index (χ1v) is 5.43. The lowest BCUT2D eigenvalue weighted by Crippen LogP contribution is -2.23. The average molecular weight is 278 g/mol. The molecule has 7 nitrogen and oxygen atoms in total. The zero-order chi connectivity index (χ0) is 15.1. The number of hydrogen-bond acceptors (Lipinski definition) is 7. The van der Waals surface area contributed by atoms with E-state index in [2.05, 4.69) is 10.1 Å². The summed E-state index contributed by atoms with van der Waals surface area (Å²) in [6.45, 7) is 0. The van der Waals surface area contributed by atoms with E-state index in [4.69, 9.17) is 4.74 Å². The summed E-state index contributed by atoms with van der Waals surface area (Å²) in [6.07, 6.45) is 1.20. The van der Waals surface area contributed by atoms with Gasteiger partial charge in [-0.25, -0.2) is 4.79 Å². The van der Waals surface area contributed by atoms with E-state index in [-0.39, 0.29) is 11.4 Å². The van der Waals surface area contributed by atoms with Crippen LogP contribution in [0.5, 0.6) is 5.75 Å². The molecule has 0 atom stereocenters. The first-order valence-electron chi connectivity index (χ1n) is 5.43. The lowest BCUT2D eigenvalue weighted by molar-refractivity contribution is -0.297. The zero-order valence-corrected chi connectivity index (χ0v) is 10.8. The quantitative estimate of drug-likeness (QED) is 0.433. The first kappa shape index (κ1) is 15.2. The highest BCUT2D eigenvalue weighted by molar-refractivity contribution is 5.98. The van der Waals surface area contributed by atoms with Crippen molar-refractivity contribution in [2.45, 2.75) is 0 Å². The Bertz CT molecular complexity index is 564. The van der Waals surface area contributed by atoms with Gasteiger partial charge in [-0.1, -0.05) is 0 Å². The van der Waals surface area contributed by atoms with Gasteiger partial charge in [0.15, 0.2) is 0 Å². The molecule has 0 aliphatic carbocycles. The monoisotopic (exact) mass is 278 g/mol. The number of anilines is 1. The van der Waals surface area contributed by atoms with Gasteiger partial charge in [0, 0.05) is 5.56 Å². The number of aliphatic carboxylic acids is 1. The number of nitrogens with one attached hydrogen (secondary N) is 1. The van der Waals surface area contributed by atoms with Gasteiger partial charge in [-0.05, 0) is 24.3 Å². The summed E-state index contributed by atoms with van der Waals surface area (Å²) in [5, 5.41) is 13.1. The average Bonchev–Trinajstić information content (AvgIpc) is 2.45. The number of ether oxygens (including phenoxy) is 2. The van der Waals surface area contributed by atoms with Crippen molar-refractivity contribution in [2.24, 2.45) is 0 Å². The summed E-state index contributed by atoms with van der Waals surface area (Å²) in [5.74, 6) is -2.17. The Morgan fingerprint density at radius 1 is 1.30 bits per heavy atom. The van der Waals surface area contributed by atoms with Crippen LogP contribution in [0.4, 0.5) is 5.69 Å². The summed E-state index contributed by atoms with van der Waals surface area (Å²) >= 11 is 0. The van der Waals surface area contributed by atoms with E-state index in [1.807, 2.05) is 0 Å². The number of carbonyl (C=O) groups is 3. The lowest BCUT2D eigenvalue weighted by atomic mass is 10.2. The van der Waals surface area contributed by atoms with E-state index < -0.39 is 11.9 Å². The third-order valence-corrected chi connectivity index (χ3v) is 2.30. The van der Waals surface area contributed by atoms with Gasteiger partial charge in [0.1, 0.15) is 17.7 Å². The van der Waals surface area contributed by atoms with E-state index in [1.54, 1.807) is 0 Å². The van der Waals surface area contributed by atoms with Gasteiger partial charge < -0.3 is 24.7 Å². The van der Waals surface area contributed by atoms with Gasteiger partial charge in [-0.2, -0.15) is 0 Å². The molecule has 0 spiro atoms. The smallest absolute Gasteiger partial charge is 0.354 e. The molecule has 7 heteroatoms. The van der Waals surface area contributed by atoms with Crippen molar-refractivity contribution >= 4 is 23.9 Å². The minimum Gasteiger partial charge on any atom is -0.545 e. The molecule has 0 saturated heterocycles. The van der Waals surface area contributed by atoms with Crippen molar-refractivity contribution in [1.29, 1.82) is 0 Å². The molecule has 0 aliphatic heterocycles. The first-order chi connectivity index (χ1) is 9.51. The summed E-state index contributed by atoms with van der Waals surface area (Å²) in [6, 6.07) is 4.38. The van der Waals surface area contributed by atoms with Gasteiger partial charge in [0.05, 0.1) is 25.9 Å². The topological polar surface area (TPSA) is 105 Å². The van der Waals surface area contributed by atoms with E-state index >= 15 is 0 Å². The molecular formula is C13H12NO6-. The Morgan fingerprint density at radius 2 is 2.00 bits per heavy atom. The zero-order valence-electron chi connectivity index (χ0n) is 10.8. The second-order valence-electron chi connectivity index (χ2n) is 3.57. The Kier molecular flexibility index (Phi) is 5.28. The van der Waals surface area contributed by atoms with Crippen LogP contribution in [0.1, 0.15) is 10.4 Å². The SMILES string of the molecule is COC(=O)C(=CC(=O)[O-])Nc1ccc(C=O)cc1OC. The van der Waals surface area contributed by atoms with Crippen LogP contribution in [0.25, 0.3) is 0 Å². The van der Waals surface area contributed by atoms with Crippen LogP contribution in [0.2, 0.25) is 0 Å². The number of carboxylic acids is 1. The molecule has 0 fully saturated rings. The molecule has 0 unspecified atom stereocenters. The normalized spacial score (nSPS) is 10.6. The highest BCUT2D eigenvalue weighted by Gasteiger charge is 2.13. The lowest BCUT2D eigenvalue weighted by Gasteiger charge is -2.13. The van der Waals surface area contributed by atoms with Gasteiger partial charge >= 0.3 is 5.97 Å². The Labute approximate surface area is 114 Å². The minimum absolute atomic E-state index is 0.266. The molecule has 0 radical (unpaired) electrons. The molecule has 0 heterocycles. The fraction of sp³-hybridized carbons (Fsp3) is 0.154. The number of esters is 1. The predicted molar refractivity (Wildman–Crippen MR) is 67.1 cm³/mol. The summed E-state index contributed by atoms with van der Waals surface area (Å²) in [4.78, 5) is 32.7. The molecule has 0 aromatic heterocycles. The fourth-order valence-corrected chi connectivity index (χ4v) is 1.40. The molecule has 0 saturated carbocycles. The second kappa shape index (κ2) is 6.93. The largest absolute Gasteiger partial charge is 0.545 e. The maximum atomic E-state index is 11.4. The van der Waals surface area contributed by atoms with Gasteiger partial charge in [0.25, 0.3) is 0 Å². The third-order valence-electron chi connectivity index (χ3n) is 2.30. The van der Waals surface area contributed by atoms with Crippen LogP contribution < -0.4 is 15.2 Å². The van der Waals surface area contributed by atoms with Crippen molar-refractivity contribution in [1.82, 2.24) is 0 Å². The Balaban J connectivity index is 3.14. The highest BCUT2D eigenvalue weighted by atomic mass is 16.5. The molecule has 1 aromatic carbocycles. The third kappa shape index (κ3) is 3.84. The minimum atomic E-state index is -1.55.